The molecule has 1 heterocycles. The van der Waals surface area contributed by atoms with Crippen LogP contribution in [-0.4, -0.2) is 38.1 Å². The predicted octanol–water partition coefficient (Wildman–Crippen LogP) is 2.00. The number of hydrogen-bond donors (Lipinski definition) is 1. The van der Waals surface area contributed by atoms with E-state index in [0.29, 0.717) is 30.2 Å². The molecule has 2 amide bonds. The summed E-state index contributed by atoms with van der Waals surface area (Å²) in [4.78, 5) is 26.3. The number of amides is 2. The first-order valence-corrected chi connectivity index (χ1v) is 8.10. The van der Waals surface area contributed by atoms with Gasteiger partial charge in [0.1, 0.15) is 17.5 Å². The molecule has 0 spiro atoms. The summed E-state index contributed by atoms with van der Waals surface area (Å²) in [6.07, 6.45) is 0.550. The van der Waals surface area contributed by atoms with E-state index in [1.54, 1.807) is 24.1 Å². The van der Waals surface area contributed by atoms with Crippen molar-refractivity contribution in [3.8, 4) is 11.5 Å². The number of nitrogens with one attached hydrogen (secondary N) is 1. The molecule has 0 bridgehead atoms. The Bertz CT molecular complexity index is 748. The first kappa shape index (κ1) is 16.8. The van der Waals surface area contributed by atoms with Crippen LogP contribution in [0.4, 0.5) is 5.69 Å². The molecule has 1 aliphatic rings. The molecule has 130 valence electrons. The molecule has 0 radical (unpaired) electrons. The van der Waals surface area contributed by atoms with Crippen molar-refractivity contribution in [1.82, 2.24) is 5.32 Å². The van der Waals surface area contributed by atoms with Crippen LogP contribution < -0.4 is 19.7 Å². The molecule has 0 aromatic heterocycles. The third-order valence-electron chi connectivity index (χ3n) is 4.03. The van der Waals surface area contributed by atoms with Gasteiger partial charge in [0.15, 0.2) is 6.61 Å². The van der Waals surface area contributed by atoms with E-state index < -0.39 is 6.04 Å². The van der Waals surface area contributed by atoms with Crippen LogP contribution in [0.3, 0.4) is 0 Å². The van der Waals surface area contributed by atoms with Crippen molar-refractivity contribution in [2.24, 2.45) is 0 Å². The van der Waals surface area contributed by atoms with Gasteiger partial charge < -0.3 is 19.7 Å². The second-order valence-electron chi connectivity index (χ2n) is 5.67. The summed E-state index contributed by atoms with van der Waals surface area (Å²) in [5, 5.41) is 2.74. The van der Waals surface area contributed by atoms with E-state index in [1.807, 2.05) is 42.5 Å². The van der Waals surface area contributed by atoms with Crippen LogP contribution in [0.2, 0.25) is 0 Å². The summed E-state index contributed by atoms with van der Waals surface area (Å²) >= 11 is 0. The quantitative estimate of drug-likeness (QED) is 0.873. The van der Waals surface area contributed by atoms with E-state index in [-0.39, 0.29) is 18.4 Å². The van der Waals surface area contributed by atoms with Crippen molar-refractivity contribution in [3.63, 3.8) is 0 Å². The summed E-state index contributed by atoms with van der Waals surface area (Å²) in [5.74, 6) is 0.794. The molecule has 1 unspecified atom stereocenters. The molecule has 1 fully saturated rings. The van der Waals surface area contributed by atoms with E-state index in [9.17, 15) is 9.59 Å². The molecule has 3 rings (SSSR count). The van der Waals surface area contributed by atoms with Gasteiger partial charge in [-0.1, -0.05) is 30.3 Å². The summed E-state index contributed by atoms with van der Waals surface area (Å²) in [6, 6.07) is 15.9. The molecule has 6 heteroatoms. The highest BCUT2D eigenvalue weighted by Gasteiger charge is 2.34. The van der Waals surface area contributed by atoms with Gasteiger partial charge in [-0.2, -0.15) is 0 Å². The van der Waals surface area contributed by atoms with Gasteiger partial charge in [0.25, 0.3) is 5.91 Å². The van der Waals surface area contributed by atoms with Crippen molar-refractivity contribution in [2.45, 2.75) is 12.5 Å². The lowest BCUT2D eigenvalue weighted by molar-refractivity contribution is -0.127. The summed E-state index contributed by atoms with van der Waals surface area (Å²) < 4.78 is 10.7. The number of benzene rings is 2. The molecule has 2 aromatic carbocycles. The van der Waals surface area contributed by atoms with E-state index in [2.05, 4.69) is 5.32 Å². The van der Waals surface area contributed by atoms with Gasteiger partial charge in [-0.25, -0.2) is 0 Å². The number of nitrogens with zero attached hydrogens (tertiary/aromatic N) is 1. The summed E-state index contributed by atoms with van der Waals surface area (Å²) in [7, 11) is 1.57. The van der Waals surface area contributed by atoms with Crippen LogP contribution in [0.15, 0.2) is 54.6 Å². The maximum absolute atomic E-state index is 12.6. The zero-order valence-corrected chi connectivity index (χ0v) is 14.0. The molecule has 1 atom stereocenters. The topological polar surface area (TPSA) is 67.9 Å². The largest absolute Gasteiger partial charge is 0.495 e. The van der Waals surface area contributed by atoms with Gasteiger partial charge in [-0.3, -0.25) is 9.59 Å². The fourth-order valence-electron chi connectivity index (χ4n) is 2.81. The summed E-state index contributed by atoms with van der Waals surface area (Å²) in [5.41, 5.74) is 0.715. The molecule has 6 nitrogen and oxygen atoms in total. The van der Waals surface area contributed by atoms with Crippen LogP contribution in [0.5, 0.6) is 11.5 Å². The van der Waals surface area contributed by atoms with E-state index in [4.69, 9.17) is 9.47 Å². The van der Waals surface area contributed by atoms with Gasteiger partial charge in [0, 0.05) is 6.54 Å². The van der Waals surface area contributed by atoms with E-state index in [0.717, 1.165) is 0 Å². The van der Waals surface area contributed by atoms with Gasteiger partial charge in [0.2, 0.25) is 5.91 Å². The average molecular weight is 340 g/mol. The summed E-state index contributed by atoms with van der Waals surface area (Å²) in [6.45, 7) is 0.409. The molecule has 2 aromatic rings. The third kappa shape index (κ3) is 3.91. The Balaban J connectivity index is 1.57. The molecular weight excluding hydrogens is 320 g/mol. The number of rotatable bonds is 6. The smallest absolute Gasteiger partial charge is 0.258 e. The number of hydrogen-bond acceptors (Lipinski definition) is 4. The SMILES string of the molecule is COc1ccccc1N1CCC(NC(=O)COc2ccccc2)C1=O. The Morgan fingerprint density at radius 2 is 1.88 bits per heavy atom. The van der Waals surface area contributed by atoms with Gasteiger partial charge in [-0.05, 0) is 30.7 Å². The number of carbonyl (C=O) groups is 2. The predicted molar refractivity (Wildman–Crippen MR) is 93.8 cm³/mol. The van der Waals surface area contributed by atoms with E-state index >= 15 is 0 Å². The molecular formula is C19H20N2O4. The molecule has 1 aliphatic heterocycles. The van der Waals surface area contributed by atoms with Crippen molar-refractivity contribution in [1.29, 1.82) is 0 Å². The van der Waals surface area contributed by atoms with Crippen LogP contribution >= 0.6 is 0 Å². The first-order valence-electron chi connectivity index (χ1n) is 8.10. The van der Waals surface area contributed by atoms with Crippen LogP contribution in [0.1, 0.15) is 6.42 Å². The number of ether oxygens (including phenoxy) is 2. The second kappa shape index (κ2) is 7.70. The standard InChI is InChI=1S/C19H20N2O4/c1-24-17-10-6-5-9-16(17)21-12-11-15(19(21)23)20-18(22)13-25-14-7-3-2-4-8-14/h2-10,15H,11-13H2,1H3,(H,20,22). The van der Waals surface area contributed by atoms with Crippen LogP contribution in [0, 0.1) is 0 Å². The van der Waals surface area contributed by atoms with Gasteiger partial charge in [-0.15, -0.1) is 0 Å². The van der Waals surface area contributed by atoms with Crippen LogP contribution in [0.25, 0.3) is 0 Å². The Labute approximate surface area is 146 Å². The van der Waals surface area contributed by atoms with E-state index in [1.165, 1.54) is 0 Å². The Morgan fingerprint density at radius 1 is 1.16 bits per heavy atom. The normalized spacial score (nSPS) is 16.6. The minimum absolute atomic E-state index is 0.123. The Morgan fingerprint density at radius 3 is 2.64 bits per heavy atom. The average Bonchev–Trinajstić information content (AvgIpc) is 3.01. The molecule has 0 saturated carbocycles. The fourth-order valence-corrected chi connectivity index (χ4v) is 2.81. The minimum atomic E-state index is -0.545. The minimum Gasteiger partial charge on any atom is -0.495 e. The zero-order valence-electron chi connectivity index (χ0n) is 14.0. The Kier molecular flexibility index (Phi) is 5.18. The van der Waals surface area contributed by atoms with Gasteiger partial charge >= 0.3 is 0 Å². The highest BCUT2D eigenvalue weighted by Crippen LogP contribution is 2.30. The number of carbonyl (C=O) groups excluding carboxylic acids is 2. The van der Waals surface area contributed by atoms with Crippen molar-refractivity contribution in [2.75, 3.05) is 25.2 Å². The van der Waals surface area contributed by atoms with Gasteiger partial charge in [0.05, 0.1) is 12.8 Å². The maximum Gasteiger partial charge on any atom is 0.258 e. The molecule has 25 heavy (non-hydrogen) atoms. The number of methoxy groups -OCH3 is 1. The monoisotopic (exact) mass is 340 g/mol. The number of para-hydroxylation sites is 3. The Hall–Kier alpha value is -3.02. The third-order valence-corrected chi connectivity index (χ3v) is 4.03. The van der Waals surface area contributed by atoms with Crippen molar-refractivity contribution in [3.05, 3.63) is 54.6 Å². The maximum atomic E-state index is 12.6. The highest BCUT2D eigenvalue weighted by molar-refractivity contribution is 6.02. The zero-order chi connectivity index (χ0) is 17.6. The fraction of sp³-hybridized carbons (Fsp3) is 0.263. The first-order chi connectivity index (χ1) is 12.2. The molecule has 1 N–H and O–H groups in total. The lowest BCUT2D eigenvalue weighted by Gasteiger charge is -2.19. The highest BCUT2D eigenvalue weighted by atomic mass is 16.5. The lowest BCUT2D eigenvalue weighted by atomic mass is 10.2. The second-order valence-corrected chi connectivity index (χ2v) is 5.67. The van der Waals surface area contributed by atoms with Crippen LogP contribution in [-0.2, 0) is 9.59 Å². The lowest BCUT2D eigenvalue weighted by Crippen LogP contribution is -2.43. The molecule has 1 saturated heterocycles. The number of anilines is 1. The molecule has 0 aliphatic carbocycles. The van der Waals surface area contributed by atoms with Crippen molar-refractivity contribution < 1.29 is 19.1 Å². The van der Waals surface area contributed by atoms with Crippen molar-refractivity contribution >= 4 is 17.5 Å².